The van der Waals surface area contributed by atoms with E-state index in [1.54, 1.807) is 0 Å². The van der Waals surface area contributed by atoms with Gasteiger partial charge in [0.05, 0.1) is 23.9 Å². The van der Waals surface area contributed by atoms with Gasteiger partial charge < -0.3 is 24.1 Å². The summed E-state index contributed by atoms with van der Waals surface area (Å²) in [5, 5.41) is 9.32. The predicted molar refractivity (Wildman–Crippen MR) is 100 cm³/mol. The number of hydrogen-bond acceptors (Lipinski definition) is 8. The van der Waals surface area contributed by atoms with Crippen LogP contribution in [0.5, 0.6) is 0 Å². The zero-order chi connectivity index (χ0) is 31.5. The van der Waals surface area contributed by atoms with Gasteiger partial charge in [0, 0.05) is 5.57 Å². The number of halogens is 12. The van der Waals surface area contributed by atoms with E-state index >= 15 is 0 Å². The Bertz CT molecular complexity index is 1080. The van der Waals surface area contributed by atoms with Crippen LogP contribution in [-0.4, -0.2) is 78.2 Å². The Morgan fingerprint density at radius 2 is 1.52 bits per heavy atom. The maximum absolute atomic E-state index is 14.7. The molecule has 8 nitrogen and oxygen atoms in total. The molecule has 40 heavy (non-hydrogen) atoms. The number of aliphatic hydroxyl groups is 1. The average molecular weight is 614 g/mol. The van der Waals surface area contributed by atoms with E-state index < -0.39 is 96.0 Å². The van der Waals surface area contributed by atoms with E-state index in [4.69, 9.17) is 0 Å². The molecule has 1 N–H and O–H groups in total. The second-order valence-corrected chi connectivity index (χ2v) is 9.03. The van der Waals surface area contributed by atoms with Crippen LogP contribution in [0.15, 0.2) is 24.0 Å². The van der Waals surface area contributed by atoms with E-state index in [1.165, 1.54) is 0 Å². The molecule has 0 aromatic carbocycles. The van der Waals surface area contributed by atoms with Crippen molar-refractivity contribution in [3.8, 4) is 0 Å². The van der Waals surface area contributed by atoms with E-state index in [9.17, 15) is 67.4 Å². The highest BCUT2D eigenvalue weighted by Crippen LogP contribution is 2.59. The molecule has 0 aromatic heterocycles. The quantitative estimate of drug-likeness (QED) is 0.195. The standard InChI is InChI=1S/C20H18F12O8/c1-8(2)10(33)39-12-14(21,22)18(20(30,31)32,40-15(12,23)24)37-5-9(3)11(34)36-6-13(4)7-38-17(35,16(13,25)26)19(27,28)29/h5,12,35H,1,6-7H2,2-4H3/b9-5+. The molecule has 0 radical (unpaired) electrons. The summed E-state index contributed by atoms with van der Waals surface area (Å²) in [5.41, 5.74) is -5.15. The molecule has 4 atom stereocenters. The van der Waals surface area contributed by atoms with Crippen molar-refractivity contribution in [1.82, 2.24) is 0 Å². The van der Waals surface area contributed by atoms with E-state index in [2.05, 4.69) is 30.3 Å². The highest BCUT2D eigenvalue weighted by Gasteiger charge is 2.89. The lowest BCUT2D eigenvalue weighted by molar-refractivity contribution is -0.433. The number of alkyl halides is 12. The average Bonchev–Trinajstić information content (AvgIpc) is 3.07. The van der Waals surface area contributed by atoms with Gasteiger partial charge >= 0.3 is 53.8 Å². The minimum atomic E-state index is -6.52. The van der Waals surface area contributed by atoms with Crippen LogP contribution < -0.4 is 0 Å². The SMILES string of the molecule is C=C(C)C(=O)OC1C(F)(F)OC(O/C=C(\C)C(=O)OCC2(C)COC(O)(C(F)(F)F)C2(F)F)(C(F)(F)F)C1(F)F. The zero-order valence-electron chi connectivity index (χ0n) is 20.1. The van der Waals surface area contributed by atoms with Gasteiger partial charge in [-0.15, -0.1) is 0 Å². The second-order valence-electron chi connectivity index (χ2n) is 9.03. The van der Waals surface area contributed by atoms with E-state index in [-0.39, 0.29) is 0 Å². The van der Waals surface area contributed by atoms with Gasteiger partial charge in [-0.1, -0.05) is 6.58 Å². The molecule has 2 heterocycles. The number of ether oxygens (including phenoxy) is 5. The smallest absolute Gasteiger partial charge is 0.461 e. The van der Waals surface area contributed by atoms with Crippen LogP contribution >= 0.6 is 0 Å². The molecule has 2 rings (SSSR count). The molecule has 20 heteroatoms. The molecule has 0 aromatic rings. The summed E-state index contributed by atoms with van der Waals surface area (Å²) in [6.45, 7) is 1.27. The molecular formula is C20H18F12O8. The predicted octanol–water partition coefficient (Wildman–Crippen LogP) is 4.38. The third kappa shape index (κ3) is 4.97. The number of esters is 2. The number of carbonyl (C=O) groups excluding carboxylic acids is 2. The van der Waals surface area contributed by atoms with E-state index in [1.807, 2.05) is 0 Å². The summed E-state index contributed by atoms with van der Waals surface area (Å²) < 4.78 is 185. The zero-order valence-corrected chi connectivity index (χ0v) is 20.1. The summed E-state index contributed by atoms with van der Waals surface area (Å²) in [6, 6.07) is 0. The van der Waals surface area contributed by atoms with E-state index in [0.717, 1.165) is 6.92 Å². The van der Waals surface area contributed by atoms with Gasteiger partial charge in [0.1, 0.15) is 6.61 Å². The van der Waals surface area contributed by atoms with Crippen molar-refractivity contribution >= 4 is 11.9 Å². The van der Waals surface area contributed by atoms with Gasteiger partial charge in [-0.2, -0.15) is 52.7 Å². The number of hydrogen-bond donors (Lipinski definition) is 1. The van der Waals surface area contributed by atoms with Gasteiger partial charge in [0.15, 0.2) is 0 Å². The highest BCUT2D eigenvalue weighted by atomic mass is 19.4. The lowest BCUT2D eigenvalue weighted by Gasteiger charge is -2.35. The minimum Gasteiger partial charge on any atom is -0.461 e. The topological polar surface area (TPSA) is 101 Å². The molecule has 2 saturated heterocycles. The normalized spacial score (nSPS) is 33.4. The summed E-state index contributed by atoms with van der Waals surface area (Å²) in [7, 11) is 0. The van der Waals surface area contributed by atoms with Crippen molar-refractivity contribution in [3.05, 3.63) is 24.0 Å². The maximum atomic E-state index is 14.7. The van der Waals surface area contributed by atoms with Crippen LogP contribution in [0, 0.1) is 5.41 Å². The maximum Gasteiger partial charge on any atom is 0.462 e. The molecule has 4 unspecified atom stereocenters. The van der Waals surface area contributed by atoms with Crippen molar-refractivity contribution in [2.24, 2.45) is 5.41 Å². The van der Waals surface area contributed by atoms with Crippen molar-refractivity contribution in [1.29, 1.82) is 0 Å². The second kappa shape index (κ2) is 9.68. The lowest BCUT2D eigenvalue weighted by atomic mass is 9.83. The molecule has 230 valence electrons. The van der Waals surface area contributed by atoms with Gasteiger partial charge in [-0.3, -0.25) is 4.74 Å². The molecular weight excluding hydrogens is 596 g/mol. The van der Waals surface area contributed by atoms with Gasteiger partial charge in [0.25, 0.3) is 6.10 Å². The van der Waals surface area contributed by atoms with Crippen LogP contribution in [0.25, 0.3) is 0 Å². The number of carbonyl (C=O) groups is 2. The Morgan fingerprint density at radius 1 is 1.00 bits per heavy atom. The van der Waals surface area contributed by atoms with Gasteiger partial charge in [0.2, 0.25) is 0 Å². The monoisotopic (exact) mass is 614 g/mol. The van der Waals surface area contributed by atoms with Crippen molar-refractivity contribution in [2.45, 2.75) is 68.8 Å². The van der Waals surface area contributed by atoms with E-state index in [0.29, 0.717) is 13.8 Å². The molecule has 0 spiro atoms. The fraction of sp³-hybridized carbons (Fsp3) is 0.700. The van der Waals surface area contributed by atoms with Crippen LogP contribution in [0.1, 0.15) is 20.8 Å². The molecule has 0 aliphatic carbocycles. The van der Waals surface area contributed by atoms with Crippen LogP contribution in [-0.2, 0) is 33.3 Å². The summed E-state index contributed by atoms with van der Waals surface area (Å²) in [6.07, 6.45) is -22.8. The van der Waals surface area contributed by atoms with Crippen molar-refractivity contribution in [2.75, 3.05) is 13.2 Å². The Labute approximate surface area is 215 Å². The van der Waals surface area contributed by atoms with Crippen LogP contribution in [0.4, 0.5) is 52.7 Å². The van der Waals surface area contributed by atoms with Crippen LogP contribution in [0.3, 0.4) is 0 Å². The summed E-state index contributed by atoms with van der Waals surface area (Å²) in [5.74, 6) is -25.6. The summed E-state index contributed by atoms with van der Waals surface area (Å²) in [4.78, 5) is 23.5. The molecule has 0 bridgehead atoms. The lowest BCUT2D eigenvalue weighted by Crippen LogP contribution is -2.61. The largest absolute Gasteiger partial charge is 0.462 e. The Morgan fingerprint density at radius 3 is 1.95 bits per heavy atom. The molecule has 2 aliphatic heterocycles. The molecule has 0 amide bonds. The molecule has 0 saturated carbocycles. The first kappa shape index (κ1) is 33.5. The van der Waals surface area contributed by atoms with Crippen LogP contribution in [0.2, 0.25) is 0 Å². The fourth-order valence-corrected chi connectivity index (χ4v) is 3.27. The number of rotatable bonds is 7. The van der Waals surface area contributed by atoms with Crippen molar-refractivity contribution < 1.29 is 91.1 Å². The summed E-state index contributed by atoms with van der Waals surface area (Å²) >= 11 is 0. The third-order valence-corrected chi connectivity index (χ3v) is 5.71. The van der Waals surface area contributed by atoms with Crippen molar-refractivity contribution in [3.63, 3.8) is 0 Å². The Balaban J connectivity index is 2.31. The Kier molecular flexibility index (Phi) is 8.09. The Hall–Kier alpha value is -2.74. The molecule has 2 aliphatic rings. The third-order valence-electron chi connectivity index (χ3n) is 5.71. The first-order valence-electron chi connectivity index (χ1n) is 10.3. The first-order valence-corrected chi connectivity index (χ1v) is 10.3. The first-order chi connectivity index (χ1) is 17.6. The minimum absolute atomic E-state index is 0.375. The highest BCUT2D eigenvalue weighted by molar-refractivity contribution is 5.87. The van der Waals surface area contributed by atoms with Gasteiger partial charge in [-0.05, 0) is 20.8 Å². The molecule has 2 fully saturated rings. The fourth-order valence-electron chi connectivity index (χ4n) is 3.27. The van der Waals surface area contributed by atoms with Gasteiger partial charge in [-0.25, -0.2) is 9.59 Å².